The lowest BCUT2D eigenvalue weighted by molar-refractivity contribution is -0.128. The van der Waals surface area contributed by atoms with Crippen LogP contribution in [-0.4, -0.2) is 25.2 Å². The van der Waals surface area contributed by atoms with E-state index in [2.05, 4.69) is 6.92 Å². The highest BCUT2D eigenvalue weighted by Crippen LogP contribution is 2.17. The molecule has 0 amide bonds. The summed E-state index contributed by atoms with van der Waals surface area (Å²) in [4.78, 5) is 24.2. The lowest BCUT2D eigenvalue weighted by Gasteiger charge is -2.08. The smallest absolute Gasteiger partial charge is 0.338 e. The third-order valence-corrected chi connectivity index (χ3v) is 5.26. The zero-order valence-corrected chi connectivity index (χ0v) is 20.4. The zero-order valence-electron chi connectivity index (χ0n) is 20.4. The van der Waals surface area contributed by atoms with Crippen molar-refractivity contribution in [1.29, 1.82) is 0 Å². The van der Waals surface area contributed by atoms with Crippen molar-refractivity contribution in [2.24, 2.45) is 0 Å². The van der Waals surface area contributed by atoms with Crippen LogP contribution in [0, 0.1) is 0 Å². The van der Waals surface area contributed by atoms with Gasteiger partial charge >= 0.3 is 11.9 Å². The molecule has 0 heterocycles. The van der Waals surface area contributed by atoms with Crippen LogP contribution in [0.5, 0.6) is 11.5 Å². The maximum Gasteiger partial charge on any atom is 0.338 e. The molecule has 3 aromatic carbocycles. The summed E-state index contributed by atoms with van der Waals surface area (Å²) in [5.41, 5.74) is 14.6. The molecule has 0 aliphatic rings. The summed E-state index contributed by atoms with van der Waals surface area (Å²) in [5, 5.41) is 0. The van der Waals surface area contributed by atoms with E-state index >= 15 is 0 Å². The number of anilines is 2. The Morgan fingerprint density at radius 1 is 0.833 bits per heavy atom. The van der Waals surface area contributed by atoms with E-state index < -0.39 is 11.9 Å². The van der Waals surface area contributed by atoms with Gasteiger partial charge in [-0.2, -0.15) is 0 Å². The Balaban J connectivity index is 1.36. The fourth-order valence-corrected chi connectivity index (χ4v) is 3.39. The molecule has 0 radical (unpaired) electrons. The number of ether oxygens (including phenoxy) is 3. The number of nitrogens with two attached hydrogens (primary N) is 2. The van der Waals surface area contributed by atoms with E-state index in [0.29, 0.717) is 41.5 Å². The topological polar surface area (TPSA) is 114 Å². The van der Waals surface area contributed by atoms with Crippen LogP contribution >= 0.6 is 0 Å². The molecular weight excluding hydrogens is 456 g/mol. The number of hydrogen-bond acceptors (Lipinski definition) is 7. The van der Waals surface area contributed by atoms with E-state index in [1.807, 2.05) is 48.5 Å². The third kappa shape index (κ3) is 8.83. The van der Waals surface area contributed by atoms with Gasteiger partial charge in [-0.3, -0.25) is 0 Å². The third-order valence-electron chi connectivity index (χ3n) is 5.26. The molecule has 36 heavy (non-hydrogen) atoms. The van der Waals surface area contributed by atoms with Crippen LogP contribution in [0.3, 0.4) is 0 Å². The molecule has 0 atom stereocenters. The molecule has 0 aliphatic heterocycles. The van der Waals surface area contributed by atoms with Crippen molar-refractivity contribution in [3.05, 3.63) is 89.5 Å². The number of carbonyl (C=O) groups is 2. The molecule has 0 fully saturated rings. The molecule has 7 nitrogen and oxygen atoms in total. The predicted octanol–water partition coefficient (Wildman–Crippen LogP) is 5.44. The van der Waals surface area contributed by atoms with E-state index in [-0.39, 0.29) is 6.61 Å². The average Bonchev–Trinajstić information content (AvgIpc) is 2.87. The van der Waals surface area contributed by atoms with Crippen LogP contribution < -0.4 is 20.9 Å². The van der Waals surface area contributed by atoms with E-state index in [4.69, 9.17) is 25.7 Å². The average molecular weight is 489 g/mol. The number of benzene rings is 3. The number of esters is 2. The minimum atomic E-state index is -0.479. The van der Waals surface area contributed by atoms with Gasteiger partial charge in [0.25, 0.3) is 0 Å². The molecule has 3 aromatic rings. The van der Waals surface area contributed by atoms with Crippen molar-refractivity contribution in [2.75, 3.05) is 24.7 Å². The van der Waals surface area contributed by atoms with Gasteiger partial charge in [0.2, 0.25) is 0 Å². The van der Waals surface area contributed by atoms with Gasteiger partial charge < -0.3 is 25.7 Å². The van der Waals surface area contributed by atoms with Crippen molar-refractivity contribution in [1.82, 2.24) is 0 Å². The molecule has 0 aliphatic carbocycles. The number of carbonyl (C=O) groups excluding carboxylic acids is 2. The second-order valence-electron chi connectivity index (χ2n) is 8.30. The lowest BCUT2D eigenvalue weighted by Crippen LogP contribution is -2.10. The van der Waals surface area contributed by atoms with Crippen molar-refractivity contribution in [2.45, 2.75) is 32.6 Å². The Morgan fingerprint density at radius 2 is 1.50 bits per heavy atom. The minimum Gasteiger partial charge on any atom is -0.493 e. The zero-order chi connectivity index (χ0) is 25.8. The van der Waals surface area contributed by atoms with Gasteiger partial charge in [-0.05, 0) is 72.5 Å². The Labute approximate surface area is 211 Å². The second kappa shape index (κ2) is 13.6. The summed E-state index contributed by atoms with van der Waals surface area (Å²) in [6.07, 6.45) is 6.92. The molecular formula is C29H32N2O5. The highest BCUT2D eigenvalue weighted by Gasteiger charge is 2.08. The largest absolute Gasteiger partial charge is 0.493 e. The van der Waals surface area contributed by atoms with E-state index in [1.54, 1.807) is 12.1 Å². The van der Waals surface area contributed by atoms with Gasteiger partial charge in [-0.15, -0.1) is 0 Å². The number of aryl methyl sites for hydroxylation is 1. The summed E-state index contributed by atoms with van der Waals surface area (Å²) in [7, 11) is 0. The summed E-state index contributed by atoms with van der Waals surface area (Å²) in [6.45, 7) is 2.75. The highest BCUT2D eigenvalue weighted by molar-refractivity contribution is 5.91. The first-order valence-corrected chi connectivity index (χ1v) is 12.0. The van der Waals surface area contributed by atoms with Gasteiger partial charge in [-0.25, -0.2) is 9.59 Å². The lowest BCUT2D eigenvalue weighted by atomic mass is 10.1. The summed E-state index contributed by atoms with van der Waals surface area (Å²) >= 11 is 0. The fourth-order valence-electron chi connectivity index (χ4n) is 3.39. The van der Waals surface area contributed by atoms with Crippen LogP contribution in [0.15, 0.2) is 72.8 Å². The van der Waals surface area contributed by atoms with Crippen LogP contribution in [0.4, 0.5) is 11.4 Å². The van der Waals surface area contributed by atoms with Crippen molar-refractivity contribution in [3.8, 4) is 11.5 Å². The van der Waals surface area contributed by atoms with Crippen molar-refractivity contribution in [3.63, 3.8) is 0 Å². The number of nitrogen functional groups attached to an aromatic ring is 2. The first-order chi connectivity index (χ1) is 17.4. The minimum absolute atomic E-state index is 0.206. The van der Waals surface area contributed by atoms with Gasteiger partial charge in [0.05, 0.1) is 18.8 Å². The van der Waals surface area contributed by atoms with Gasteiger partial charge in [0, 0.05) is 23.9 Å². The molecule has 0 aromatic heterocycles. The first kappa shape index (κ1) is 26.3. The normalized spacial score (nSPS) is 10.8. The molecule has 0 spiro atoms. The van der Waals surface area contributed by atoms with Crippen molar-refractivity contribution >= 4 is 29.4 Å². The van der Waals surface area contributed by atoms with E-state index in [0.717, 1.165) is 24.8 Å². The summed E-state index contributed by atoms with van der Waals surface area (Å²) < 4.78 is 16.3. The van der Waals surface area contributed by atoms with Gasteiger partial charge in [0.15, 0.2) is 0 Å². The standard InChI is InChI=1S/C29H32N2O5/c1-2-3-5-21-8-13-27(14-9-21)36-28(32)15-10-22-6-11-26(12-7-22)34-16-4-17-35-29(33)23-18-24(30)20-25(31)19-23/h6-15,18-20H,2-5,16-17,30-31H2,1H3/b15-10+. The maximum atomic E-state index is 12.1. The molecule has 0 unspecified atom stereocenters. The molecule has 4 N–H and O–H groups in total. The molecule has 188 valence electrons. The van der Waals surface area contributed by atoms with Crippen LogP contribution in [0.25, 0.3) is 6.08 Å². The first-order valence-electron chi connectivity index (χ1n) is 12.0. The quantitative estimate of drug-likeness (QED) is 0.115. The van der Waals surface area contributed by atoms with E-state index in [1.165, 1.54) is 23.8 Å². The molecule has 3 rings (SSSR count). The van der Waals surface area contributed by atoms with Gasteiger partial charge in [-0.1, -0.05) is 37.6 Å². The fraction of sp³-hybridized carbons (Fsp3) is 0.241. The molecule has 0 saturated carbocycles. The Kier molecular flexibility index (Phi) is 9.94. The number of rotatable bonds is 12. The Morgan fingerprint density at radius 3 is 2.17 bits per heavy atom. The summed E-state index contributed by atoms with van der Waals surface area (Å²) in [6, 6.07) is 19.5. The highest BCUT2D eigenvalue weighted by atomic mass is 16.5. The number of unbranched alkanes of at least 4 members (excludes halogenated alkanes) is 1. The van der Waals surface area contributed by atoms with Gasteiger partial charge in [0.1, 0.15) is 11.5 Å². The van der Waals surface area contributed by atoms with Crippen LogP contribution in [0.1, 0.15) is 47.7 Å². The molecule has 7 heteroatoms. The second-order valence-corrected chi connectivity index (χ2v) is 8.30. The van der Waals surface area contributed by atoms with E-state index in [9.17, 15) is 9.59 Å². The monoisotopic (exact) mass is 488 g/mol. The Bertz CT molecular complexity index is 1150. The Hall–Kier alpha value is -4.26. The molecule has 0 saturated heterocycles. The van der Waals surface area contributed by atoms with Crippen molar-refractivity contribution < 1.29 is 23.8 Å². The maximum absolute atomic E-state index is 12.1. The summed E-state index contributed by atoms with van der Waals surface area (Å²) in [5.74, 6) is 0.281. The van der Waals surface area contributed by atoms with Crippen LogP contribution in [-0.2, 0) is 16.0 Å². The molecule has 0 bridgehead atoms. The van der Waals surface area contributed by atoms with Crippen LogP contribution in [0.2, 0.25) is 0 Å². The number of hydrogen-bond donors (Lipinski definition) is 2. The SMILES string of the molecule is CCCCc1ccc(OC(=O)/C=C/c2ccc(OCCCOC(=O)c3cc(N)cc(N)c3)cc2)cc1. The predicted molar refractivity (Wildman–Crippen MR) is 142 cm³/mol.